The molecule has 1 aromatic carbocycles. The summed E-state index contributed by atoms with van der Waals surface area (Å²) in [5.41, 5.74) is 0.171. The normalized spacial score (nSPS) is 23.6. The minimum Gasteiger partial charge on any atom is -0.363 e. The molecule has 0 amide bonds. The molecule has 2 aromatic heterocycles. The van der Waals surface area contributed by atoms with Crippen molar-refractivity contribution in [2.75, 3.05) is 5.32 Å². The van der Waals surface area contributed by atoms with Crippen molar-refractivity contribution in [1.82, 2.24) is 14.5 Å². The van der Waals surface area contributed by atoms with Gasteiger partial charge in [0.2, 0.25) is 0 Å². The summed E-state index contributed by atoms with van der Waals surface area (Å²) in [5, 5.41) is 3.97. The summed E-state index contributed by atoms with van der Waals surface area (Å²) in [6.45, 7) is 3.54. The maximum absolute atomic E-state index is 13.1. The van der Waals surface area contributed by atoms with Crippen molar-refractivity contribution in [3.05, 3.63) is 63.8 Å². The van der Waals surface area contributed by atoms with Gasteiger partial charge in [0.25, 0.3) is 5.56 Å². The first-order chi connectivity index (χ1) is 15.1. The number of nitrogens with one attached hydrogen (secondary N) is 1. The highest BCUT2D eigenvalue weighted by atomic mass is 19.4. The van der Waals surface area contributed by atoms with Crippen LogP contribution in [-0.4, -0.2) is 14.5 Å². The minimum absolute atomic E-state index is 0.0602. The number of nitrogens with zero attached hydrogens (tertiary/aromatic N) is 3. The minimum atomic E-state index is -4.40. The Bertz CT molecular complexity index is 1240. The second-order valence-corrected chi connectivity index (χ2v) is 9.26. The fourth-order valence-corrected chi connectivity index (χ4v) is 5.47. The van der Waals surface area contributed by atoms with Crippen molar-refractivity contribution < 1.29 is 13.2 Å². The van der Waals surface area contributed by atoms with E-state index in [1.54, 1.807) is 26.0 Å². The molecule has 1 N–H and O–H groups in total. The molecule has 32 heavy (non-hydrogen) atoms. The van der Waals surface area contributed by atoms with Crippen LogP contribution in [0.3, 0.4) is 0 Å². The predicted molar refractivity (Wildman–Crippen MR) is 117 cm³/mol. The third-order valence-electron chi connectivity index (χ3n) is 7.13. The molecule has 2 saturated carbocycles. The van der Waals surface area contributed by atoms with Crippen LogP contribution in [0.25, 0.3) is 10.9 Å². The number of benzene rings is 1. The second-order valence-electron chi connectivity index (χ2n) is 9.26. The highest BCUT2D eigenvalue weighted by Crippen LogP contribution is 2.52. The zero-order valence-electron chi connectivity index (χ0n) is 18.0. The van der Waals surface area contributed by atoms with Crippen LogP contribution >= 0.6 is 0 Å². The van der Waals surface area contributed by atoms with Crippen molar-refractivity contribution in [3.63, 3.8) is 0 Å². The van der Waals surface area contributed by atoms with E-state index in [2.05, 4.69) is 15.3 Å². The summed E-state index contributed by atoms with van der Waals surface area (Å²) in [4.78, 5) is 21.9. The first kappa shape index (κ1) is 21.0. The summed E-state index contributed by atoms with van der Waals surface area (Å²) >= 11 is 0. The Balaban J connectivity index is 1.55. The number of pyridine rings is 1. The van der Waals surface area contributed by atoms with Gasteiger partial charge in [-0.15, -0.1) is 0 Å². The average Bonchev–Trinajstić information content (AvgIpc) is 3.35. The first-order valence-electron chi connectivity index (χ1n) is 11.0. The lowest BCUT2D eigenvalue weighted by atomic mass is 9.93. The Kier molecular flexibility index (Phi) is 4.80. The zero-order valence-corrected chi connectivity index (χ0v) is 18.0. The van der Waals surface area contributed by atoms with Crippen LogP contribution in [-0.2, 0) is 11.7 Å². The number of hydrogen-bond donors (Lipinski definition) is 1. The van der Waals surface area contributed by atoms with Crippen LogP contribution in [0, 0.1) is 12.8 Å². The van der Waals surface area contributed by atoms with E-state index >= 15 is 0 Å². The standard InChI is InChI=1S/C24H25F3N4O/c1-14(17-4-3-5-18(10-17)24(25,26)27)28-22-19-13-31(23-8-6-16(12-23)7-9-23)21(32)11-20(19)29-15(2)30-22/h3-5,10-11,13-14,16H,6-9,12H2,1-2H3,(H,28,29,30)/t14-,16?,23?/m0/s1. The van der Waals surface area contributed by atoms with Crippen molar-refractivity contribution in [3.8, 4) is 0 Å². The van der Waals surface area contributed by atoms with Gasteiger partial charge >= 0.3 is 6.18 Å². The van der Waals surface area contributed by atoms with Crippen LogP contribution in [0.4, 0.5) is 19.0 Å². The summed E-state index contributed by atoms with van der Waals surface area (Å²) in [5.74, 6) is 1.70. The molecule has 2 bridgehead atoms. The quantitative estimate of drug-likeness (QED) is 0.573. The van der Waals surface area contributed by atoms with E-state index in [1.807, 2.05) is 10.8 Å². The molecule has 2 fully saturated rings. The molecular weight excluding hydrogens is 417 g/mol. The van der Waals surface area contributed by atoms with Crippen LogP contribution < -0.4 is 10.9 Å². The molecule has 0 saturated heterocycles. The van der Waals surface area contributed by atoms with E-state index in [0.717, 1.165) is 44.2 Å². The van der Waals surface area contributed by atoms with Gasteiger partial charge < -0.3 is 9.88 Å². The van der Waals surface area contributed by atoms with Crippen LogP contribution in [0.2, 0.25) is 0 Å². The number of anilines is 1. The van der Waals surface area contributed by atoms with Gasteiger partial charge in [-0.25, -0.2) is 9.97 Å². The van der Waals surface area contributed by atoms with Crippen molar-refractivity contribution >= 4 is 16.7 Å². The van der Waals surface area contributed by atoms with Gasteiger partial charge in [-0.05, 0) is 69.6 Å². The summed E-state index contributed by atoms with van der Waals surface area (Å²) in [6.07, 6.45) is 2.77. The molecule has 0 unspecified atom stereocenters. The van der Waals surface area contributed by atoms with Crippen LogP contribution in [0.15, 0.2) is 41.3 Å². The van der Waals surface area contributed by atoms with Gasteiger partial charge in [-0.3, -0.25) is 4.79 Å². The lowest BCUT2D eigenvalue weighted by Crippen LogP contribution is -2.37. The number of alkyl halides is 3. The number of aromatic nitrogens is 3. The number of rotatable bonds is 4. The third kappa shape index (κ3) is 3.55. The van der Waals surface area contributed by atoms with Crippen molar-refractivity contribution in [2.45, 2.75) is 63.7 Å². The average molecular weight is 442 g/mol. The molecule has 0 radical (unpaired) electrons. The van der Waals surface area contributed by atoms with Gasteiger partial charge in [0.15, 0.2) is 0 Å². The lowest BCUT2D eigenvalue weighted by Gasteiger charge is -2.30. The molecule has 2 aliphatic rings. The van der Waals surface area contributed by atoms with Crippen LogP contribution in [0.1, 0.15) is 62.0 Å². The smallest absolute Gasteiger partial charge is 0.363 e. The van der Waals surface area contributed by atoms with Crippen LogP contribution in [0.5, 0.6) is 0 Å². The predicted octanol–water partition coefficient (Wildman–Crippen LogP) is 5.58. The number of hydrogen-bond acceptors (Lipinski definition) is 4. The molecule has 2 heterocycles. The zero-order chi connectivity index (χ0) is 22.7. The van der Waals surface area contributed by atoms with E-state index in [4.69, 9.17) is 0 Å². The van der Waals surface area contributed by atoms with Gasteiger partial charge in [0.1, 0.15) is 11.6 Å². The molecule has 5 nitrogen and oxygen atoms in total. The van der Waals surface area contributed by atoms with Gasteiger partial charge in [0.05, 0.1) is 16.5 Å². The topological polar surface area (TPSA) is 59.8 Å². The fourth-order valence-electron chi connectivity index (χ4n) is 5.47. The summed E-state index contributed by atoms with van der Waals surface area (Å²) in [6, 6.07) is 6.43. The van der Waals surface area contributed by atoms with Crippen molar-refractivity contribution in [2.24, 2.45) is 5.92 Å². The molecule has 168 valence electrons. The fraction of sp³-hybridized carbons (Fsp3) is 0.458. The number of halogens is 3. The molecule has 2 aliphatic carbocycles. The largest absolute Gasteiger partial charge is 0.416 e. The van der Waals surface area contributed by atoms with Gasteiger partial charge in [-0.2, -0.15) is 13.2 Å². The highest BCUT2D eigenvalue weighted by molar-refractivity contribution is 5.88. The van der Waals surface area contributed by atoms with E-state index in [-0.39, 0.29) is 11.1 Å². The number of fused-ring (bicyclic) bond motifs is 3. The van der Waals surface area contributed by atoms with Crippen molar-refractivity contribution in [1.29, 1.82) is 0 Å². The third-order valence-corrected chi connectivity index (χ3v) is 7.13. The van der Waals surface area contributed by atoms with E-state index in [1.165, 1.54) is 6.07 Å². The van der Waals surface area contributed by atoms with E-state index in [9.17, 15) is 18.0 Å². The van der Waals surface area contributed by atoms with Gasteiger partial charge in [-0.1, -0.05) is 12.1 Å². The Morgan fingerprint density at radius 1 is 1.19 bits per heavy atom. The maximum Gasteiger partial charge on any atom is 0.416 e. The van der Waals surface area contributed by atoms with Gasteiger partial charge in [0, 0.05) is 23.8 Å². The second kappa shape index (κ2) is 7.32. The molecule has 3 aromatic rings. The maximum atomic E-state index is 13.1. The Morgan fingerprint density at radius 3 is 2.59 bits per heavy atom. The summed E-state index contributed by atoms with van der Waals surface area (Å²) in [7, 11) is 0. The lowest BCUT2D eigenvalue weighted by molar-refractivity contribution is -0.137. The Morgan fingerprint density at radius 2 is 1.94 bits per heavy atom. The molecule has 0 aliphatic heterocycles. The number of aryl methyl sites for hydroxylation is 1. The molecule has 5 rings (SSSR count). The monoisotopic (exact) mass is 442 g/mol. The Hall–Kier alpha value is -2.90. The first-order valence-corrected chi connectivity index (χ1v) is 11.0. The molecule has 1 atom stereocenters. The highest BCUT2D eigenvalue weighted by Gasteiger charge is 2.46. The SMILES string of the molecule is Cc1nc(N[C@@H](C)c2cccc(C(F)(F)F)c2)c2cn(C34CCC(CC3)C4)c(=O)cc2n1. The molecular formula is C24H25F3N4O. The molecule has 8 heteroatoms. The molecule has 0 spiro atoms. The summed E-state index contributed by atoms with van der Waals surface area (Å²) < 4.78 is 41.3. The Labute approximate surface area is 183 Å². The van der Waals surface area contributed by atoms with E-state index in [0.29, 0.717) is 34.0 Å². The van der Waals surface area contributed by atoms with E-state index < -0.39 is 17.8 Å².